The van der Waals surface area contributed by atoms with Crippen molar-refractivity contribution in [1.82, 2.24) is 0 Å². The summed E-state index contributed by atoms with van der Waals surface area (Å²) in [6, 6.07) is 15.8. The molecular formula is C21H16O5. The molecule has 5 heteroatoms. The van der Waals surface area contributed by atoms with Gasteiger partial charge in [0.2, 0.25) is 5.78 Å². The van der Waals surface area contributed by atoms with Crippen molar-refractivity contribution >= 4 is 34.6 Å². The predicted molar refractivity (Wildman–Crippen MR) is 97.0 cm³/mol. The van der Waals surface area contributed by atoms with Crippen molar-refractivity contribution in [2.24, 2.45) is 0 Å². The molecule has 130 valence electrons. The molecule has 0 spiro atoms. The van der Waals surface area contributed by atoms with Crippen LogP contribution >= 0.6 is 0 Å². The molecule has 0 radical (unpaired) electrons. The van der Waals surface area contributed by atoms with E-state index in [0.717, 1.165) is 5.56 Å². The van der Waals surface area contributed by atoms with E-state index in [4.69, 9.17) is 9.15 Å². The molecule has 3 rings (SSSR count). The van der Waals surface area contributed by atoms with Crippen LogP contribution in [0, 0.1) is 0 Å². The van der Waals surface area contributed by atoms with E-state index in [0.29, 0.717) is 16.7 Å². The second-order valence-electron chi connectivity index (χ2n) is 5.71. The lowest BCUT2D eigenvalue weighted by Gasteiger charge is -1.99. The maximum atomic E-state index is 12.3. The third-order valence-electron chi connectivity index (χ3n) is 3.62. The van der Waals surface area contributed by atoms with E-state index in [1.165, 1.54) is 19.1 Å². The first-order valence-electron chi connectivity index (χ1n) is 8.02. The third kappa shape index (κ3) is 4.33. The van der Waals surface area contributed by atoms with E-state index < -0.39 is 11.8 Å². The molecule has 0 saturated carbocycles. The van der Waals surface area contributed by atoms with E-state index in [1.807, 2.05) is 30.3 Å². The molecular weight excluding hydrogens is 332 g/mol. The number of ketones is 2. The number of ether oxygens (including phenoxy) is 1. The average Bonchev–Trinajstić information content (AvgIpc) is 3.04. The van der Waals surface area contributed by atoms with Crippen LogP contribution in [0.4, 0.5) is 0 Å². The third-order valence-corrected chi connectivity index (χ3v) is 3.62. The number of carbonyl (C=O) groups is 3. The summed E-state index contributed by atoms with van der Waals surface area (Å²) in [6.45, 7) is 1.30. The second kappa shape index (κ2) is 7.61. The Morgan fingerprint density at radius 1 is 1.04 bits per heavy atom. The number of fused-ring (bicyclic) bond motifs is 1. The normalized spacial score (nSPS) is 11.0. The van der Waals surface area contributed by atoms with Crippen molar-refractivity contribution in [3.05, 3.63) is 72.0 Å². The Morgan fingerprint density at radius 2 is 1.81 bits per heavy atom. The standard InChI is InChI=1S/C21H16O5/c1-14(22)25-18-10-8-16-11-21(26-20(16)13-18)19(24)12-17(23)9-7-15-5-3-2-4-6-15/h2-11,13H,12H2,1H3. The summed E-state index contributed by atoms with van der Waals surface area (Å²) in [5, 5.41) is 0.691. The van der Waals surface area contributed by atoms with Crippen LogP contribution in [0.3, 0.4) is 0 Å². The summed E-state index contributed by atoms with van der Waals surface area (Å²) in [4.78, 5) is 35.2. The molecule has 0 bridgehead atoms. The molecule has 0 aliphatic carbocycles. The fraction of sp³-hybridized carbons (Fsp3) is 0.0952. The van der Waals surface area contributed by atoms with Gasteiger partial charge in [-0.25, -0.2) is 0 Å². The van der Waals surface area contributed by atoms with Crippen molar-refractivity contribution < 1.29 is 23.5 Å². The molecule has 0 atom stereocenters. The van der Waals surface area contributed by atoms with E-state index in [-0.39, 0.29) is 18.0 Å². The van der Waals surface area contributed by atoms with Crippen LogP contribution in [0.1, 0.15) is 29.5 Å². The van der Waals surface area contributed by atoms with E-state index >= 15 is 0 Å². The lowest BCUT2D eigenvalue weighted by Crippen LogP contribution is -2.04. The highest BCUT2D eigenvalue weighted by molar-refractivity contribution is 6.12. The molecule has 1 heterocycles. The quantitative estimate of drug-likeness (QED) is 0.219. The van der Waals surface area contributed by atoms with Gasteiger partial charge in [0.05, 0.1) is 6.42 Å². The maximum Gasteiger partial charge on any atom is 0.308 e. The Labute approximate surface area is 149 Å². The van der Waals surface area contributed by atoms with Crippen molar-refractivity contribution in [3.63, 3.8) is 0 Å². The number of hydrogen-bond donors (Lipinski definition) is 0. The Balaban J connectivity index is 1.70. The minimum absolute atomic E-state index is 0.0986. The fourth-order valence-corrected chi connectivity index (χ4v) is 2.44. The molecule has 3 aromatic rings. The van der Waals surface area contributed by atoms with Gasteiger partial charge in [-0.2, -0.15) is 0 Å². The van der Waals surface area contributed by atoms with Crippen molar-refractivity contribution in [3.8, 4) is 5.75 Å². The zero-order valence-electron chi connectivity index (χ0n) is 14.1. The minimum atomic E-state index is -0.442. The topological polar surface area (TPSA) is 73.6 Å². The van der Waals surface area contributed by atoms with Crippen LogP contribution in [0.2, 0.25) is 0 Å². The Hall–Kier alpha value is -3.47. The van der Waals surface area contributed by atoms with Gasteiger partial charge < -0.3 is 9.15 Å². The molecule has 0 aliphatic heterocycles. The number of benzene rings is 2. The van der Waals surface area contributed by atoms with Crippen LogP contribution in [0.5, 0.6) is 5.75 Å². The molecule has 0 amide bonds. The number of furan rings is 1. The lowest BCUT2D eigenvalue weighted by atomic mass is 10.1. The van der Waals surface area contributed by atoms with E-state index in [2.05, 4.69) is 0 Å². The number of esters is 1. The largest absolute Gasteiger partial charge is 0.453 e. The van der Waals surface area contributed by atoms with Gasteiger partial charge in [-0.05, 0) is 29.8 Å². The highest BCUT2D eigenvalue weighted by atomic mass is 16.5. The fourth-order valence-electron chi connectivity index (χ4n) is 2.44. The van der Waals surface area contributed by atoms with Gasteiger partial charge in [0.25, 0.3) is 0 Å². The Morgan fingerprint density at radius 3 is 2.54 bits per heavy atom. The Bertz CT molecular complexity index is 996. The van der Waals surface area contributed by atoms with Crippen LogP contribution in [-0.2, 0) is 9.59 Å². The summed E-state index contributed by atoms with van der Waals surface area (Å²) in [5.74, 6) is -0.720. The molecule has 5 nitrogen and oxygen atoms in total. The number of rotatable bonds is 6. The maximum absolute atomic E-state index is 12.3. The zero-order valence-corrected chi connectivity index (χ0v) is 14.1. The number of allylic oxidation sites excluding steroid dienone is 1. The van der Waals surface area contributed by atoms with Crippen LogP contribution in [-0.4, -0.2) is 17.5 Å². The zero-order chi connectivity index (χ0) is 18.5. The number of hydrogen-bond acceptors (Lipinski definition) is 5. The van der Waals surface area contributed by atoms with Gasteiger partial charge in [0, 0.05) is 18.4 Å². The van der Waals surface area contributed by atoms with Crippen molar-refractivity contribution in [2.75, 3.05) is 0 Å². The van der Waals surface area contributed by atoms with Gasteiger partial charge in [0.15, 0.2) is 11.5 Å². The van der Waals surface area contributed by atoms with Crippen molar-refractivity contribution in [2.45, 2.75) is 13.3 Å². The van der Waals surface area contributed by atoms with Gasteiger partial charge in [-0.3, -0.25) is 14.4 Å². The predicted octanol–water partition coefficient (Wildman–Crippen LogP) is 4.21. The first kappa shape index (κ1) is 17.4. The molecule has 0 N–H and O–H groups in total. The second-order valence-corrected chi connectivity index (χ2v) is 5.71. The highest BCUT2D eigenvalue weighted by Crippen LogP contribution is 2.25. The lowest BCUT2D eigenvalue weighted by molar-refractivity contribution is -0.131. The van der Waals surface area contributed by atoms with E-state index in [9.17, 15) is 14.4 Å². The molecule has 0 aliphatic rings. The summed E-state index contributed by atoms with van der Waals surface area (Å²) >= 11 is 0. The average molecular weight is 348 g/mol. The van der Waals surface area contributed by atoms with Gasteiger partial charge in [0.1, 0.15) is 11.3 Å². The molecule has 1 aromatic heterocycles. The summed E-state index contributed by atoms with van der Waals surface area (Å²) in [7, 11) is 0. The highest BCUT2D eigenvalue weighted by Gasteiger charge is 2.15. The van der Waals surface area contributed by atoms with Crippen molar-refractivity contribution in [1.29, 1.82) is 0 Å². The Kier molecular flexibility index (Phi) is 5.08. The smallest absolute Gasteiger partial charge is 0.308 e. The van der Waals surface area contributed by atoms with Gasteiger partial charge in [-0.1, -0.05) is 36.4 Å². The van der Waals surface area contributed by atoms with Crippen LogP contribution in [0.25, 0.3) is 17.0 Å². The molecule has 0 unspecified atom stereocenters. The number of Topliss-reactive ketones (excluding diaryl/α,β-unsaturated/α-hetero) is 1. The van der Waals surface area contributed by atoms with Gasteiger partial charge >= 0.3 is 5.97 Å². The van der Waals surface area contributed by atoms with E-state index in [1.54, 1.807) is 24.3 Å². The molecule has 26 heavy (non-hydrogen) atoms. The van der Waals surface area contributed by atoms with Gasteiger partial charge in [-0.15, -0.1) is 0 Å². The summed E-state index contributed by atoms with van der Waals surface area (Å²) in [5.41, 5.74) is 1.30. The summed E-state index contributed by atoms with van der Waals surface area (Å²) in [6.07, 6.45) is 2.77. The monoisotopic (exact) mass is 348 g/mol. The SMILES string of the molecule is CC(=O)Oc1ccc2cc(C(=O)CC(=O)C=Cc3ccccc3)oc2c1. The van der Waals surface area contributed by atoms with Crippen LogP contribution < -0.4 is 4.74 Å². The number of carbonyl (C=O) groups excluding carboxylic acids is 3. The summed E-state index contributed by atoms with van der Waals surface area (Å²) < 4.78 is 10.5. The molecule has 0 fully saturated rings. The first-order valence-corrected chi connectivity index (χ1v) is 8.02. The molecule has 2 aromatic carbocycles. The van der Waals surface area contributed by atoms with Crippen LogP contribution in [0.15, 0.2) is 65.1 Å². The minimum Gasteiger partial charge on any atom is -0.453 e. The molecule has 0 saturated heterocycles. The first-order chi connectivity index (χ1) is 12.5.